The van der Waals surface area contributed by atoms with Crippen LogP contribution in [0.25, 0.3) is 0 Å². The highest BCUT2D eigenvalue weighted by molar-refractivity contribution is 7.92. The van der Waals surface area contributed by atoms with Gasteiger partial charge in [0.15, 0.2) is 0 Å². The van der Waals surface area contributed by atoms with Crippen molar-refractivity contribution in [3.63, 3.8) is 0 Å². The largest absolute Gasteiger partial charge is 0.478 e. The smallest absolute Gasteiger partial charge is 0.337 e. The molecule has 1 rings (SSSR count). The Balaban J connectivity index is 2.78. The number of carboxylic acids is 1. The molecule has 5 heteroatoms. The summed E-state index contributed by atoms with van der Waals surface area (Å²) in [5.41, 5.74) is 0.814. The maximum Gasteiger partial charge on any atom is 0.337 e. The first kappa shape index (κ1) is 9.02. The first-order chi connectivity index (χ1) is 5.74. The van der Waals surface area contributed by atoms with Crippen molar-refractivity contribution in [1.82, 2.24) is 4.98 Å². The Morgan fingerprint density at radius 3 is 2.75 bits per heavy atom. The van der Waals surface area contributed by atoms with Crippen molar-refractivity contribution in [2.24, 2.45) is 0 Å². The molecule has 12 heavy (non-hydrogen) atoms. The minimum Gasteiger partial charge on any atom is -0.478 e. The zero-order valence-corrected chi connectivity index (χ0v) is 6.91. The monoisotopic (exact) mass is 185 g/mol. The molecule has 4 nitrogen and oxygen atoms in total. The molecule has 0 radical (unpaired) electrons. The van der Waals surface area contributed by atoms with Crippen molar-refractivity contribution >= 4 is 18.0 Å². The van der Waals surface area contributed by atoms with E-state index in [-0.39, 0.29) is 5.56 Å². The van der Waals surface area contributed by atoms with Crippen LogP contribution < -0.4 is 0 Å². The molecule has 0 fully saturated rings. The van der Waals surface area contributed by atoms with Gasteiger partial charge in [0.1, 0.15) is 0 Å². The van der Waals surface area contributed by atoms with Gasteiger partial charge in [-0.05, 0) is 24.2 Å². The number of hydrogen-bond acceptors (Lipinski definition) is 4. The molecular weight excluding hydrogens is 178 g/mol. The maximum absolute atomic E-state index is 10.4. The summed E-state index contributed by atoms with van der Waals surface area (Å²) in [5.74, 6) is -0.620. The zero-order valence-electron chi connectivity index (χ0n) is 6.10. The second-order valence-electron chi connectivity index (χ2n) is 2.12. The van der Waals surface area contributed by atoms with Crippen molar-refractivity contribution in [2.75, 3.05) is 0 Å². The molecule has 0 bridgehead atoms. The third-order valence-electron chi connectivity index (χ3n) is 1.28. The number of aromatic carboxylic acids is 1. The van der Waals surface area contributed by atoms with Crippen molar-refractivity contribution in [1.29, 1.82) is 0 Å². The standard InChI is InChI=1S/C7H7NO3S/c9-7(10)5-1-2-6(4-12-11)8-3-5/h1-3,11H,4H2,(H,9,10). The second-order valence-corrected chi connectivity index (χ2v) is 2.66. The highest BCUT2D eigenvalue weighted by atomic mass is 32.2. The summed E-state index contributed by atoms with van der Waals surface area (Å²) in [5, 5.41) is 8.51. The van der Waals surface area contributed by atoms with E-state index in [9.17, 15) is 4.79 Å². The van der Waals surface area contributed by atoms with Crippen molar-refractivity contribution in [2.45, 2.75) is 5.75 Å². The molecule has 0 aliphatic heterocycles. The molecule has 1 aromatic heterocycles. The minimum absolute atomic E-state index is 0.154. The van der Waals surface area contributed by atoms with Gasteiger partial charge in [-0.2, -0.15) is 0 Å². The van der Waals surface area contributed by atoms with Gasteiger partial charge >= 0.3 is 5.97 Å². The highest BCUT2D eigenvalue weighted by Crippen LogP contribution is 2.06. The second kappa shape index (κ2) is 4.08. The number of nitrogens with zero attached hydrogens (tertiary/aromatic N) is 1. The van der Waals surface area contributed by atoms with Gasteiger partial charge in [-0.3, -0.25) is 4.98 Å². The van der Waals surface area contributed by atoms with Crippen LogP contribution in [0.1, 0.15) is 16.1 Å². The molecule has 0 unspecified atom stereocenters. The lowest BCUT2D eigenvalue weighted by molar-refractivity contribution is 0.0696. The van der Waals surface area contributed by atoms with E-state index < -0.39 is 5.97 Å². The third-order valence-corrected chi connectivity index (χ3v) is 1.71. The molecule has 0 saturated carbocycles. The lowest BCUT2D eigenvalue weighted by Crippen LogP contribution is -1.97. The minimum atomic E-state index is -0.995. The van der Waals surface area contributed by atoms with Crippen LogP contribution in [0.4, 0.5) is 0 Å². The molecule has 0 aliphatic rings. The van der Waals surface area contributed by atoms with E-state index in [1.807, 2.05) is 0 Å². The Labute approximate surface area is 73.5 Å². The summed E-state index contributed by atoms with van der Waals surface area (Å²) < 4.78 is 8.46. The zero-order chi connectivity index (χ0) is 8.97. The van der Waals surface area contributed by atoms with Crippen LogP contribution in [0.3, 0.4) is 0 Å². The van der Waals surface area contributed by atoms with Crippen LogP contribution in [0, 0.1) is 0 Å². The predicted octanol–water partition coefficient (Wildman–Crippen LogP) is 1.49. The number of carbonyl (C=O) groups is 1. The van der Waals surface area contributed by atoms with Crippen LogP contribution in [0.2, 0.25) is 0 Å². The molecule has 0 amide bonds. The molecule has 0 aromatic carbocycles. The van der Waals surface area contributed by atoms with Crippen LogP contribution >= 0.6 is 12.0 Å². The normalized spacial score (nSPS) is 9.75. The van der Waals surface area contributed by atoms with Gasteiger partial charge in [-0.15, -0.1) is 0 Å². The maximum atomic E-state index is 10.4. The van der Waals surface area contributed by atoms with Gasteiger partial charge in [-0.1, -0.05) is 0 Å². The van der Waals surface area contributed by atoms with E-state index >= 15 is 0 Å². The molecule has 64 valence electrons. The fourth-order valence-electron chi connectivity index (χ4n) is 0.703. The fourth-order valence-corrected chi connectivity index (χ4v) is 1.01. The van der Waals surface area contributed by atoms with Crippen molar-refractivity contribution < 1.29 is 14.5 Å². The van der Waals surface area contributed by atoms with Gasteiger partial charge in [0, 0.05) is 6.20 Å². The lowest BCUT2D eigenvalue weighted by atomic mass is 10.2. The van der Waals surface area contributed by atoms with Crippen LogP contribution in [-0.4, -0.2) is 20.6 Å². The summed E-state index contributed by atoms with van der Waals surface area (Å²) in [6.07, 6.45) is 1.27. The number of hydrogen-bond donors (Lipinski definition) is 2. The Kier molecular flexibility index (Phi) is 3.07. The molecule has 0 aliphatic carbocycles. The van der Waals surface area contributed by atoms with Gasteiger partial charge in [0.05, 0.1) is 17.0 Å². The molecule has 0 spiro atoms. The van der Waals surface area contributed by atoms with E-state index in [0.717, 1.165) is 0 Å². The molecule has 1 aromatic rings. The first-order valence-corrected chi connectivity index (χ1v) is 4.13. The first-order valence-electron chi connectivity index (χ1n) is 3.18. The quantitative estimate of drug-likeness (QED) is 0.698. The molecule has 1 heterocycles. The summed E-state index contributed by atoms with van der Waals surface area (Å²) in [6.45, 7) is 0. The van der Waals surface area contributed by atoms with Gasteiger partial charge in [-0.25, -0.2) is 4.79 Å². The van der Waals surface area contributed by atoms with Gasteiger partial charge < -0.3 is 9.66 Å². The SMILES string of the molecule is O=C(O)c1ccc(CSO)nc1. The number of carboxylic acid groups (broad SMARTS) is 1. The molecule has 2 N–H and O–H groups in total. The summed E-state index contributed by atoms with van der Waals surface area (Å²) >= 11 is 0.659. The van der Waals surface area contributed by atoms with E-state index in [2.05, 4.69) is 4.98 Å². The van der Waals surface area contributed by atoms with Crippen LogP contribution in [-0.2, 0) is 5.75 Å². The average Bonchev–Trinajstić information content (AvgIpc) is 2.06. The number of rotatable bonds is 3. The van der Waals surface area contributed by atoms with Gasteiger partial charge in [0.25, 0.3) is 0 Å². The van der Waals surface area contributed by atoms with Crippen molar-refractivity contribution in [3.8, 4) is 0 Å². The van der Waals surface area contributed by atoms with Gasteiger partial charge in [0.2, 0.25) is 0 Å². The molecular formula is C7H7NO3S. The van der Waals surface area contributed by atoms with E-state index in [1.54, 1.807) is 6.07 Å². The molecule has 0 atom stereocenters. The number of pyridine rings is 1. The topological polar surface area (TPSA) is 70.4 Å². The van der Waals surface area contributed by atoms with Crippen LogP contribution in [0.15, 0.2) is 18.3 Å². The Morgan fingerprint density at radius 2 is 2.33 bits per heavy atom. The van der Waals surface area contributed by atoms with Crippen molar-refractivity contribution in [3.05, 3.63) is 29.6 Å². The van der Waals surface area contributed by atoms with E-state index in [4.69, 9.17) is 9.66 Å². The summed E-state index contributed by atoms with van der Waals surface area (Å²) in [4.78, 5) is 14.2. The molecule has 0 saturated heterocycles. The lowest BCUT2D eigenvalue weighted by Gasteiger charge is -1.96. The van der Waals surface area contributed by atoms with E-state index in [1.165, 1.54) is 12.3 Å². The average molecular weight is 185 g/mol. The Bertz CT molecular complexity index is 272. The number of aromatic nitrogens is 1. The summed E-state index contributed by atoms with van der Waals surface area (Å²) in [7, 11) is 0. The third kappa shape index (κ3) is 2.21. The summed E-state index contributed by atoms with van der Waals surface area (Å²) in [6, 6.07) is 3.04. The Morgan fingerprint density at radius 1 is 1.58 bits per heavy atom. The van der Waals surface area contributed by atoms with E-state index in [0.29, 0.717) is 23.5 Å². The highest BCUT2D eigenvalue weighted by Gasteiger charge is 2.01. The fraction of sp³-hybridized carbons (Fsp3) is 0.143. The predicted molar refractivity (Wildman–Crippen MR) is 45.1 cm³/mol. The Hall–Kier alpha value is -1.07. The van der Waals surface area contributed by atoms with Crippen LogP contribution in [0.5, 0.6) is 0 Å².